The van der Waals surface area contributed by atoms with Crippen LogP contribution in [0.2, 0.25) is 0 Å². The van der Waals surface area contributed by atoms with Crippen LogP contribution in [-0.4, -0.2) is 18.7 Å². The summed E-state index contributed by atoms with van der Waals surface area (Å²) < 4.78 is 0. The Kier molecular flexibility index (Phi) is 1.81. The fourth-order valence-electron chi connectivity index (χ4n) is 1.17. The minimum absolute atomic E-state index is 0.165. The summed E-state index contributed by atoms with van der Waals surface area (Å²) in [5.41, 5.74) is 0.995. The van der Waals surface area contributed by atoms with Gasteiger partial charge in [-0.2, -0.15) is 0 Å². The Morgan fingerprint density at radius 2 is 2.50 bits per heavy atom. The molecule has 0 spiro atoms. The number of benzene rings is 1. The quantitative estimate of drug-likeness (QED) is 0.601. The van der Waals surface area contributed by atoms with E-state index in [1.807, 2.05) is 18.2 Å². The van der Waals surface area contributed by atoms with Crippen LogP contribution < -0.4 is 4.90 Å². The van der Waals surface area contributed by atoms with E-state index in [9.17, 15) is 4.79 Å². The van der Waals surface area contributed by atoms with Crippen molar-refractivity contribution < 1.29 is 4.79 Å². The zero-order valence-electron chi connectivity index (χ0n) is 6.70. The third kappa shape index (κ3) is 1.10. The van der Waals surface area contributed by atoms with Gasteiger partial charge in [0.05, 0.1) is 11.4 Å². The van der Waals surface area contributed by atoms with Crippen LogP contribution in [-0.2, 0) is 4.79 Å². The maximum atomic E-state index is 11.3. The first-order valence-corrected chi connectivity index (χ1v) is 4.67. The van der Waals surface area contributed by atoms with E-state index >= 15 is 0 Å². The molecule has 2 nitrogen and oxygen atoms in total. The summed E-state index contributed by atoms with van der Waals surface area (Å²) in [7, 11) is 1.81. The molecule has 1 aliphatic rings. The van der Waals surface area contributed by atoms with E-state index in [-0.39, 0.29) is 5.91 Å². The number of hydrogen-bond donors (Lipinski definition) is 0. The number of anilines is 1. The normalized spacial score (nSPS) is 16.1. The first kappa shape index (κ1) is 7.68. The predicted molar refractivity (Wildman–Crippen MR) is 49.4 cm³/mol. The van der Waals surface area contributed by atoms with Crippen molar-refractivity contribution in [2.24, 2.45) is 0 Å². The molecule has 12 heavy (non-hydrogen) atoms. The van der Waals surface area contributed by atoms with Gasteiger partial charge >= 0.3 is 0 Å². The largest absolute Gasteiger partial charge is 0.314 e. The number of nitrogens with zero attached hydrogens (tertiary/aromatic N) is 1. The average Bonchev–Trinajstić information content (AvgIpc) is 2.12. The molecule has 0 saturated carbocycles. The number of carbonyl (C=O) groups excluding carboxylic acids is 1. The van der Waals surface area contributed by atoms with Crippen molar-refractivity contribution in [1.82, 2.24) is 0 Å². The van der Waals surface area contributed by atoms with Gasteiger partial charge in [-0.3, -0.25) is 4.79 Å². The first-order chi connectivity index (χ1) is 5.79. The van der Waals surface area contributed by atoms with E-state index in [4.69, 9.17) is 0 Å². The molecule has 0 aromatic heterocycles. The van der Waals surface area contributed by atoms with Crippen molar-refractivity contribution in [3.63, 3.8) is 0 Å². The number of fused-ring (bicyclic) bond motifs is 1. The maximum Gasteiger partial charge on any atom is 0.237 e. The van der Waals surface area contributed by atoms with E-state index in [0.29, 0.717) is 5.75 Å². The minimum atomic E-state index is 0.165. The van der Waals surface area contributed by atoms with Gasteiger partial charge in [0.2, 0.25) is 5.91 Å². The smallest absolute Gasteiger partial charge is 0.237 e. The highest BCUT2D eigenvalue weighted by molar-refractivity contribution is 8.00. The van der Waals surface area contributed by atoms with Crippen molar-refractivity contribution in [2.45, 2.75) is 4.90 Å². The molecule has 0 atom stereocenters. The maximum absolute atomic E-state index is 11.3. The van der Waals surface area contributed by atoms with Gasteiger partial charge in [0.25, 0.3) is 0 Å². The molecule has 0 N–H and O–H groups in total. The summed E-state index contributed by atoms with van der Waals surface area (Å²) in [4.78, 5) is 14.1. The Labute approximate surface area is 75.6 Å². The van der Waals surface area contributed by atoms with Gasteiger partial charge in [-0.1, -0.05) is 6.07 Å². The fraction of sp³-hybridized carbons (Fsp3) is 0.222. The van der Waals surface area contributed by atoms with Crippen LogP contribution in [0.1, 0.15) is 0 Å². The number of amides is 1. The summed E-state index contributed by atoms with van der Waals surface area (Å²) in [6.45, 7) is 0. The lowest BCUT2D eigenvalue weighted by atomic mass is 10.3. The van der Waals surface area contributed by atoms with Crippen LogP contribution in [0.4, 0.5) is 5.69 Å². The van der Waals surface area contributed by atoms with Crippen molar-refractivity contribution >= 4 is 23.4 Å². The van der Waals surface area contributed by atoms with Gasteiger partial charge in [-0.25, -0.2) is 0 Å². The SMILES string of the molecule is CN1C(=O)CSc2c[c]ccc21. The third-order valence-corrected chi connectivity index (χ3v) is 2.92. The number of thioether (sulfide) groups is 1. The number of carbonyl (C=O) groups is 1. The molecule has 0 fully saturated rings. The molecule has 1 amide bonds. The second-order valence-corrected chi connectivity index (χ2v) is 3.65. The molecular formula is C9H8NOS. The number of hydrogen-bond acceptors (Lipinski definition) is 2. The fourth-order valence-corrected chi connectivity index (χ4v) is 2.15. The summed E-state index contributed by atoms with van der Waals surface area (Å²) in [5, 5.41) is 0. The monoisotopic (exact) mass is 178 g/mol. The molecule has 0 unspecified atom stereocenters. The molecule has 0 aliphatic carbocycles. The molecule has 3 heteroatoms. The van der Waals surface area contributed by atoms with Crippen LogP contribution in [0.3, 0.4) is 0 Å². The van der Waals surface area contributed by atoms with Crippen molar-refractivity contribution in [2.75, 3.05) is 17.7 Å². The van der Waals surface area contributed by atoms with Crippen molar-refractivity contribution in [3.8, 4) is 0 Å². The molecule has 0 bridgehead atoms. The van der Waals surface area contributed by atoms with Crippen molar-refractivity contribution in [3.05, 3.63) is 24.3 Å². The summed E-state index contributed by atoms with van der Waals surface area (Å²) in [5.74, 6) is 0.708. The van der Waals surface area contributed by atoms with E-state index in [0.717, 1.165) is 10.6 Å². The molecule has 1 aromatic rings. The molecule has 1 aromatic carbocycles. The molecule has 1 aliphatic heterocycles. The topological polar surface area (TPSA) is 20.3 Å². The number of rotatable bonds is 0. The summed E-state index contributed by atoms with van der Waals surface area (Å²) in [6.07, 6.45) is 0. The minimum Gasteiger partial charge on any atom is -0.314 e. The van der Waals surface area contributed by atoms with Crippen LogP contribution in [0.5, 0.6) is 0 Å². The Morgan fingerprint density at radius 1 is 1.67 bits per heavy atom. The van der Waals surface area contributed by atoms with Crippen LogP contribution in [0.25, 0.3) is 0 Å². The van der Waals surface area contributed by atoms with Crippen molar-refractivity contribution in [1.29, 1.82) is 0 Å². The van der Waals surface area contributed by atoms with E-state index in [1.165, 1.54) is 0 Å². The Bertz CT molecular complexity index is 324. The van der Waals surface area contributed by atoms with Gasteiger partial charge in [0, 0.05) is 11.9 Å². The summed E-state index contributed by atoms with van der Waals surface area (Å²) in [6, 6.07) is 8.66. The predicted octanol–water partition coefficient (Wildman–Crippen LogP) is 1.56. The molecule has 61 valence electrons. The molecule has 1 heterocycles. The third-order valence-electron chi connectivity index (χ3n) is 1.89. The summed E-state index contributed by atoms with van der Waals surface area (Å²) >= 11 is 1.58. The van der Waals surface area contributed by atoms with E-state index < -0.39 is 0 Å². The Morgan fingerprint density at radius 3 is 3.33 bits per heavy atom. The van der Waals surface area contributed by atoms with Gasteiger partial charge in [-0.05, 0) is 18.2 Å². The molecular weight excluding hydrogens is 170 g/mol. The Balaban J connectivity index is 2.48. The lowest BCUT2D eigenvalue weighted by Crippen LogP contribution is -2.31. The van der Waals surface area contributed by atoms with E-state index in [2.05, 4.69) is 6.07 Å². The highest BCUT2D eigenvalue weighted by Gasteiger charge is 2.20. The van der Waals surface area contributed by atoms with Crippen LogP contribution >= 0.6 is 11.8 Å². The molecule has 1 radical (unpaired) electrons. The highest BCUT2D eigenvalue weighted by Crippen LogP contribution is 2.33. The zero-order valence-corrected chi connectivity index (χ0v) is 7.52. The van der Waals surface area contributed by atoms with Gasteiger partial charge in [0.1, 0.15) is 0 Å². The first-order valence-electron chi connectivity index (χ1n) is 3.68. The van der Waals surface area contributed by atoms with Crippen LogP contribution in [0, 0.1) is 6.07 Å². The molecule has 2 rings (SSSR count). The zero-order chi connectivity index (χ0) is 8.55. The lowest BCUT2D eigenvalue weighted by molar-refractivity contribution is -0.116. The second kappa shape index (κ2) is 2.83. The Hall–Kier alpha value is -0.960. The van der Waals surface area contributed by atoms with Gasteiger partial charge in [-0.15, -0.1) is 11.8 Å². The van der Waals surface area contributed by atoms with Gasteiger partial charge < -0.3 is 4.90 Å². The lowest BCUT2D eigenvalue weighted by Gasteiger charge is -2.24. The standard InChI is InChI=1S/C9H8NOS/c1-10-7-4-2-3-5-8(7)12-6-9(10)11/h2,4-5H,6H2,1H3. The average molecular weight is 178 g/mol. The van der Waals surface area contributed by atoms with Gasteiger partial charge in [0.15, 0.2) is 0 Å². The van der Waals surface area contributed by atoms with E-state index in [1.54, 1.807) is 23.7 Å². The van der Waals surface area contributed by atoms with Crippen LogP contribution in [0.15, 0.2) is 23.1 Å². The highest BCUT2D eigenvalue weighted by atomic mass is 32.2. The molecule has 0 saturated heterocycles. The second-order valence-electron chi connectivity index (χ2n) is 2.64.